The Hall–Kier alpha value is -5.62. The molecule has 1 aromatic carbocycles. The first-order chi connectivity index (χ1) is 24.9. The molecule has 5 aromatic rings. The number of carbonyl (C=O) groups excluding carboxylic acids is 2. The van der Waals surface area contributed by atoms with Crippen LogP contribution in [0.2, 0.25) is 0 Å². The van der Waals surface area contributed by atoms with Crippen LogP contribution in [0.5, 0.6) is 0 Å². The van der Waals surface area contributed by atoms with E-state index in [1.807, 2.05) is 67.3 Å². The molecule has 2 amide bonds. The first-order valence-corrected chi connectivity index (χ1v) is 18.0. The number of halogens is 1. The molecule has 52 heavy (non-hydrogen) atoms. The van der Waals surface area contributed by atoms with Gasteiger partial charge in [-0.1, -0.05) is 18.3 Å². The number of nitriles is 1. The van der Waals surface area contributed by atoms with Crippen molar-refractivity contribution in [1.82, 2.24) is 34.1 Å². The number of carbonyl (C=O) groups is 2. The fraction of sp³-hybridized carbons (Fsp3) is 0.378. The van der Waals surface area contributed by atoms with Crippen LogP contribution in [0, 0.1) is 29.0 Å². The highest BCUT2D eigenvalue weighted by Crippen LogP contribution is 2.37. The minimum absolute atomic E-state index is 0.0836. The van der Waals surface area contributed by atoms with E-state index in [0.717, 1.165) is 28.3 Å². The van der Waals surface area contributed by atoms with Crippen molar-refractivity contribution in [3.63, 3.8) is 0 Å². The largest absolute Gasteiger partial charge is 0.444 e. The summed E-state index contributed by atoms with van der Waals surface area (Å²) in [6.07, 6.45) is 5.85. The number of fused-ring (bicyclic) bond motifs is 1. The van der Waals surface area contributed by atoms with Gasteiger partial charge in [-0.25, -0.2) is 29.1 Å². The molecule has 0 saturated carbocycles. The fourth-order valence-electron chi connectivity index (χ4n) is 6.32. The SMILES string of the molecule is CCc1nc2ccc(-c3cnc(NCC4CN(C(=O)C5CN(C(=O)OC(C)(C)C)C5)C4)nc3)cn2c1N(C)c1nc(-c2ccc(F)cc2)c(C#N)s1. The van der Waals surface area contributed by atoms with E-state index < -0.39 is 5.60 Å². The van der Waals surface area contributed by atoms with Crippen molar-refractivity contribution in [3.8, 4) is 28.5 Å². The minimum atomic E-state index is -0.558. The topological polar surface area (TPSA) is 145 Å². The van der Waals surface area contributed by atoms with E-state index in [0.29, 0.717) is 66.4 Å². The predicted octanol–water partition coefficient (Wildman–Crippen LogP) is 5.99. The molecule has 2 aliphatic heterocycles. The normalized spacial score (nSPS) is 14.9. The molecule has 7 rings (SSSR count). The molecule has 6 heterocycles. The quantitative estimate of drug-likeness (QED) is 0.193. The average Bonchev–Trinajstić information content (AvgIpc) is 3.68. The molecule has 0 spiro atoms. The van der Waals surface area contributed by atoms with E-state index in [1.54, 1.807) is 29.4 Å². The molecule has 0 aliphatic carbocycles. The molecule has 0 atom stereocenters. The third-order valence-corrected chi connectivity index (χ3v) is 10.2. The summed E-state index contributed by atoms with van der Waals surface area (Å²) in [7, 11) is 1.90. The van der Waals surface area contributed by atoms with Crippen molar-refractivity contribution in [2.45, 2.75) is 39.7 Å². The van der Waals surface area contributed by atoms with Gasteiger partial charge in [-0.05, 0) is 63.6 Å². The van der Waals surface area contributed by atoms with Crippen LogP contribution >= 0.6 is 11.3 Å². The van der Waals surface area contributed by atoms with Crippen molar-refractivity contribution >= 4 is 45.9 Å². The van der Waals surface area contributed by atoms with Gasteiger partial charge >= 0.3 is 6.09 Å². The number of likely N-dealkylation sites (tertiary alicyclic amines) is 2. The van der Waals surface area contributed by atoms with Crippen molar-refractivity contribution in [3.05, 3.63) is 71.4 Å². The maximum Gasteiger partial charge on any atom is 0.410 e. The number of thiazole rings is 1. The minimum Gasteiger partial charge on any atom is -0.444 e. The Morgan fingerprint density at radius 1 is 1.02 bits per heavy atom. The second-order valence-electron chi connectivity index (χ2n) is 14.1. The van der Waals surface area contributed by atoms with Crippen LogP contribution in [-0.2, 0) is 16.0 Å². The number of anilines is 3. The Morgan fingerprint density at radius 2 is 1.71 bits per heavy atom. The molecule has 2 fully saturated rings. The van der Waals surface area contributed by atoms with E-state index in [2.05, 4.69) is 21.4 Å². The van der Waals surface area contributed by atoms with Gasteiger partial charge in [0.1, 0.15) is 39.5 Å². The van der Waals surface area contributed by atoms with Gasteiger partial charge in [-0.15, -0.1) is 0 Å². The number of nitrogens with zero attached hydrogens (tertiary/aromatic N) is 9. The van der Waals surface area contributed by atoms with Crippen LogP contribution in [0.1, 0.15) is 38.3 Å². The summed E-state index contributed by atoms with van der Waals surface area (Å²) in [6.45, 7) is 10.3. The van der Waals surface area contributed by atoms with Gasteiger partial charge in [0.05, 0.1) is 11.6 Å². The average molecular weight is 723 g/mol. The first kappa shape index (κ1) is 34.8. The Kier molecular flexibility index (Phi) is 9.26. The standard InChI is InChI=1S/C37H39FN10O3S/c1-6-28-32(45(5)35-44-31(29(13-39)52-35)23-7-10-27(38)11-8-23)48-21-24(9-12-30(48)43-28)25-15-41-34(42-16-25)40-14-22-17-46(18-22)33(49)26-19-47(20-26)36(50)51-37(2,3)4/h7-12,15-16,21-22,26H,6,14,17-20H2,1-5H3,(H,40,41,42). The Morgan fingerprint density at radius 3 is 2.37 bits per heavy atom. The van der Waals surface area contributed by atoms with Gasteiger partial charge < -0.3 is 24.8 Å². The van der Waals surface area contributed by atoms with Crippen LogP contribution in [0.25, 0.3) is 28.0 Å². The highest BCUT2D eigenvalue weighted by Gasteiger charge is 2.42. The molecular formula is C37H39FN10O3S. The number of benzene rings is 1. The predicted molar refractivity (Wildman–Crippen MR) is 196 cm³/mol. The molecule has 1 N–H and O–H groups in total. The molecule has 2 aliphatic rings. The fourth-order valence-corrected chi connectivity index (χ4v) is 7.17. The number of aryl methyl sites for hydroxylation is 1. The number of hydrogen-bond acceptors (Lipinski definition) is 11. The maximum absolute atomic E-state index is 13.6. The molecule has 4 aromatic heterocycles. The number of hydrogen-bond donors (Lipinski definition) is 1. The summed E-state index contributed by atoms with van der Waals surface area (Å²) in [5.74, 6) is 1.18. The number of ether oxygens (including phenoxy) is 1. The van der Waals surface area contributed by atoms with Crippen LogP contribution in [0.15, 0.2) is 55.0 Å². The molecule has 15 heteroatoms. The van der Waals surface area contributed by atoms with E-state index in [9.17, 15) is 19.2 Å². The third-order valence-electron chi connectivity index (χ3n) is 9.12. The summed E-state index contributed by atoms with van der Waals surface area (Å²) in [4.78, 5) is 49.6. The monoisotopic (exact) mass is 722 g/mol. The molecule has 0 unspecified atom stereocenters. The Balaban J connectivity index is 0.980. The van der Waals surface area contributed by atoms with Crippen molar-refractivity contribution < 1.29 is 18.7 Å². The molecule has 0 bridgehead atoms. The van der Waals surface area contributed by atoms with Crippen LogP contribution in [-0.4, -0.2) is 91.5 Å². The highest BCUT2D eigenvalue weighted by molar-refractivity contribution is 7.16. The lowest BCUT2D eigenvalue weighted by atomic mass is 9.93. The molecule has 2 saturated heterocycles. The van der Waals surface area contributed by atoms with Crippen LogP contribution in [0.4, 0.5) is 26.1 Å². The molecular weight excluding hydrogens is 684 g/mol. The van der Waals surface area contributed by atoms with Crippen molar-refractivity contribution in [1.29, 1.82) is 5.26 Å². The second-order valence-corrected chi connectivity index (χ2v) is 15.1. The van der Waals surface area contributed by atoms with E-state index in [4.69, 9.17) is 14.7 Å². The van der Waals surface area contributed by atoms with Gasteiger partial charge in [0.15, 0.2) is 5.13 Å². The Bertz CT molecular complexity index is 2160. The van der Waals surface area contributed by atoms with E-state index in [1.165, 1.54) is 23.5 Å². The molecule has 268 valence electrons. The van der Waals surface area contributed by atoms with Gasteiger partial charge in [0.25, 0.3) is 0 Å². The summed E-state index contributed by atoms with van der Waals surface area (Å²) in [5.41, 5.74) is 3.99. The lowest BCUT2D eigenvalue weighted by Gasteiger charge is -2.45. The van der Waals surface area contributed by atoms with Gasteiger partial charge in [-0.3, -0.25) is 9.20 Å². The number of nitrogens with one attached hydrogen (secondary N) is 1. The van der Waals surface area contributed by atoms with Crippen LogP contribution in [0.3, 0.4) is 0 Å². The summed E-state index contributed by atoms with van der Waals surface area (Å²) >= 11 is 1.27. The zero-order valence-electron chi connectivity index (χ0n) is 29.6. The lowest BCUT2D eigenvalue weighted by Crippen LogP contribution is -2.61. The number of aromatic nitrogens is 5. The van der Waals surface area contributed by atoms with E-state index in [-0.39, 0.29) is 29.7 Å². The summed E-state index contributed by atoms with van der Waals surface area (Å²) in [6, 6.07) is 12.1. The van der Waals surface area contributed by atoms with E-state index >= 15 is 0 Å². The number of rotatable bonds is 9. The lowest BCUT2D eigenvalue weighted by molar-refractivity contribution is -0.146. The Labute approximate surface area is 304 Å². The van der Waals surface area contributed by atoms with Crippen LogP contribution < -0.4 is 10.2 Å². The number of pyridine rings is 1. The van der Waals surface area contributed by atoms with Crippen molar-refractivity contribution in [2.75, 3.05) is 50.0 Å². The third kappa shape index (κ3) is 6.98. The number of amides is 2. The maximum atomic E-state index is 13.6. The summed E-state index contributed by atoms with van der Waals surface area (Å²) < 4.78 is 21.0. The number of imidazole rings is 1. The molecule has 13 nitrogen and oxygen atoms in total. The zero-order valence-corrected chi connectivity index (χ0v) is 30.4. The van der Waals surface area contributed by atoms with Gasteiger partial charge in [0.2, 0.25) is 11.9 Å². The first-order valence-electron chi connectivity index (χ1n) is 17.1. The highest BCUT2D eigenvalue weighted by atomic mass is 32.1. The second kappa shape index (κ2) is 13.8. The zero-order chi connectivity index (χ0) is 36.7. The van der Waals surface area contributed by atoms with Gasteiger partial charge in [0, 0.05) is 81.0 Å². The summed E-state index contributed by atoms with van der Waals surface area (Å²) in [5, 5.41) is 13.8. The molecule has 0 radical (unpaired) electrons. The van der Waals surface area contributed by atoms with Crippen molar-refractivity contribution in [2.24, 2.45) is 11.8 Å². The smallest absolute Gasteiger partial charge is 0.410 e. The van der Waals surface area contributed by atoms with Gasteiger partial charge in [-0.2, -0.15) is 5.26 Å².